The van der Waals surface area contributed by atoms with E-state index in [0.29, 0.717) is 0 Å². The highest BCUT2D eigenvalue weighted by atomic mass is 32.2. The minimum Gasteiger partial charge on any atom is -0.355 e. The Hall–Kier alpha value is -2.53. The molecule has 5 heteroatoms. The van der Waals surface area contributed by atoms with Crippen LogP contribution in [-0.4, -0.2) is 19.9 Å². The van der Waals surface area contributed by atoms with Gasteiger partial charge in [0, 0.05) is 38.0 Å². The molecule has 2 aromatic carbocycles. The zero-order valence-corrected chi connectivity index (χ0v) is 16.7. The second kappa shape index (κ2) is 7.24. The molecule has 0 spiro atoms. The molecule has 0 aliphatic heterocycles. The normalized spacial score (nSPS) is 12.0. The van der Waals surface area contributed by atoms with E-state index in [2.05, 4.69) is 77.7 Å². The molecule has 0 saturated heterocycles. The molecule has 0 bridgehead atoms. The van der Waals surface area contributed by atoms with E-state index in [0.717, 1.165) is 33.2 Å². The number of nitrogens with one attached hydrogen (secondary N) is 2. The van der Waals surface area contributed by atoms with Crippen molar-refractivity contribution in [1.82, 2.24) is 15.2 Å². The summed E-state index contributed by atoms with van der Waals surface area (Å²) in [7, 11) is 0. The number of fused-ring (bicyclic) bond motifs is 2. The summed E-state index contributed by atoms with van der Waals surface area (Å²) in [6.45, 7) is 6.87. The number of rotatable bonds is 6. The van der Waals surface area contributed by atoms with Gasteiger partial charge in [0.15, 0.2) is 0 Å². The van der Waals surface area contributed by atoms with E-state index in [9.17, 15) is 0 Å². The van der Waals surface area contributed by atoms with E-state index in [4.69, 9.17) is 0 Å². The maximum Gasteiger partial charge on any atom is 0.0723 e. The van der Waals surface area contributed by atoms with Crippen molar-refractivity contribution in [3.8, 4) is 0 Å². The Morgan fingerprint density at radius 1 is 1.11 bits per heavy atom. The average Bonchev–Trinajstić information content (AvgIpc) is 3.09. The first-order chi connectivity index (χ1) is 13.0. The van der Waals surface area contributed by atoms with E-state index in [-0.39, 0.29) is 4.75 Å². The third-order valence-corrected chi connectivity index (χ3v) is 5.93. The van der Waals surface area contributed by atoms with Crippen LogP contribution in [0.5, 0.6) is 0 Å². The number of nitrogens with zero attached hydrogens (tertiary/aromatic N) is 2. The number of anilines is 2. The number of pyridine rings is 1. The standard InChI is InChI=1S/C22H24N4S/c1-4-10-22(2,3)27-17-7-8-19-18(13-17)20(9-11-23-19)25-16-6-5-15-14-24-26-21(15)12-16/h5-9,11-14H,4,10H2,1-3H3,(H,23,25)(H,24,26). The molecular weight excluding hydrogens is 352 g/mol. The van der Waals surface area contributed by atoms with Crippen LogP contribution in [0.15, 0.2) is 59.8 Å². The van der Waals surface area contributed by atoms with Crippen LogP contribution in [0.3, 0.4) is 0 Å². The van der Waals surface area contributed by atoms with Crippen molar-refractivity contribution in [3.05, 3.63) is 54.9 Å². The van der Waals surface area contributed by atoms with Crippen LogP contribution in [0.2, 0.25) is 0 Å². The third-order valence-electron chi connectivity index (χ3n) is 4.68. The van der Waals surface area contributed by atoms with E-state index in [1.54, 1.807) is 0 Å². The smallest absolute Gasteiger partial charge is 0.0723 e. The minimum absolute atomic E-state index is 0.226. The average molecular weight is 377 g/mol. The highest BCUT2D eigenvalue weighted by Gasteiger charge is 2.18. The molecule has 2 heterocycles. The van der Waals surface area contributed by atoms with Gasteiger partial charge in [0.2, 0.25) is 0 Å². The molecule has 0 unspecified atom stereocenters. The first-order valence-corrected chi connectivity index (χ1v) is 10.1. The van der Waals surface area contributed by atoms with Gasteiger partial charge in [-0.1, -0.05) is 27.2 Å². The summed E-state index contributed by atoms with van der Waals surface area (Å²) in [4.78, 5) is 5.81. The molecule has 0 radical (unpaired) electrons. The van der Waals surface area contributed by atoms with Crippen LogP contribution >= 0.6 is 11.8 Å². The van der Waals surface area contributed by atoms with Gasteiger partial charge in [-0.2, -0.15) is 5.10 Å². The number of aromatic nitrogens is 3. The lowest BCUT2D eigenvalue weighted by molar-refractivity contribution is 0.627. The molecule has 4 aromatic rings. The van der Waals surface area contributed by atoms with Gasteiger partial charge in [0.1, 0.15) is 0 Å². The highest BCUT2D eigenvalue weighted by molar-refractivity contribution is 8.00. The number of hydrogen-bond donors (Lipinski definition) is 2. The van der Waals surface area contributed by atoms with Crippen LogP contribution in [0, 0.1) is 0 Å². The lowest BCUT2D eigenvalue weighted by Crippen LogP contribution is -2.13. The largest absolute Gasteiger partial charge is 0.355 e. The summed E-state index contributed by atoms with van der Waals surface area (Å²) in [6, 6.07) is 14.8. The molecule has 2 N–H and O–H groups in total. The SMILES string of the molecule is CCCC(C)(C)Sc1ccc2nccc(Nc3ccc4cn[nH]c4c3)c2c1. The van der Waals surface area contributed by atoms with Crippen LogP contribution < -0.4 is 5.32 Å². The van der Waals surface area contributed by atoms with Gasteiger partial charge >= 0.3 is 0 Å². The summed E-state index contributed by atoms with van der Waals surface area (Å²) >= 11 is 1.93. The molecule has 0 aliphatic carbocycles. The van der Waals surface area contributed by atoms with E-state index < -0.39 is 0 Å². The molecule has 0 saturated carbocycles. The summed E-state index contributed by atoms with van der Waals surface area (Å²) in [5.41, 5.74) is 4.12. The molecule has 138 valence electrons. The number of H-pyrrole nitrogens is 1. The topological polar surface area (TPSA) is 53.6 Å². The van der Waals surface area contributed by atoms with Gasteiger partial charge in [-0.05, 0) is 48.9 Å². The quantitative estimate of drug-likeness (QED) is 0.376. The summed E-state index contributed by atoms with van der Waals surface area (Å²) in [5, 5.41) is 12.9. The fraction of sp³-hybridized carbons (Fsp3) is 0.273. The number of hydrogen-bond acceptors (Lipinski definition) is 4. The van der Waals surface area contributed by atoms with Gasteiger partial charge in [0.25, 0.3) is 0 Å². The third kappa shape index (κ3) is 3.93. The molecule has 4 nitrogen and oxygen atoms in total. The van der Waals surface area contributed by atoms with Crippen molar-refractivity contribution in [3.63, 3.8) is 0 Å². The first-order valence-electron chi connectivity index (χ1n) is 9.32. The Morgan fingerprint density at radius 3 is 2.85 bits per heavy atom. The lowest BCUT2D eigenvalue weighted by Gasteiger charge is -2.23. The van der Waals surface area contributed by atoms with Crippen molar-refractivity contribution >= 4 is 44.9 Å². The zero-order valence-electron chi connectivity index (χ0n) is 15.9. The number of thioether (sulfide) groups is 1. The fourth-order valence-electron chi connectivity index (χ4n) is 3.44. The predicted molar refractivity (Wildman–Crippen MR) is 116 cm³/mol. The number of aromatic amines is 1. The molecular formula is C22H24N4S. The van der Waals surface area contributed by atoms with E-state index in [1.165, 1.54) is 17.7 Å². The number of benzene rings is 2. The first kappa shape index (κ1) is 17.9. The maximum absolute atomic E-state index is 4.53. The summed E-state index contributed by atoms with van der Waals surface area (Å²) < 4.78 is 0.226. The summed E-state index contributed by atoms with van der Waals surface area (Å²) in [5.74, 6) is 0. The summed E-state index contributed by atoms with van der Waals surface area (Å²) in [6.07, 6.45) is 6.08. The lowest BCUT2D eigenvalue weighted by atomic mass is 10.1. The van der Waals surface area contributed by atoms with Gasteiger partial charge in [0.05, 0.1) is 17.2 Å². The monoisotopic (exact) mass is 376 g/mol. The van der Waals surface area contributed by atoms with Crippen molar-refractivity contribution in [2.75, 3.05) is 5.32 Å². The minimum atomic E-state index is 0.226. The fourth-order valence-corrected chi connectivity index (χ4v) is 4.70. The molecule has 4 rings (SSSR count). The second-order valence-electron chi connectivity index (χ2n) is 7.45. The molecule has 0 fully saturated rings. The van der Waals surface area contributed by atoms with Crippen molar-refractivity contribution in [2.24, 2.45) is 0 Å². The maximum atomic E-state index is 4.53. The Labute approximate surface area is 163 Å². The highest BCUT2D eigenvalue weighted by Crippen LogP contribution is 2.38. The molecule has 0 amide bonds. The van der Waals surface area contributed by atoms with Gasteiger partial charge in [-0.25, -0.2) is 0 Å². The van der Waals surface area contributed by atoms with Crippen molar-refractivity contribution in [2.45, 2.75) is 43.3 Å². The van der Waals surface area contributed by atoms with Crippen LogP contribution in [0.25, 0.3) is 21.8 Å². The molecule has 0 atom stereocenters. The predicted octanol–water partition coefficient (Wildman–Crippen LogP) is 6.53. The van der Waals surface area contributed by atoms with Crippen molar-refractivity contribution in [1.29, 1.82) is 0 Å². The Morgan fingerprint density at radius 2 is 2.00 bits per heavy atom. The second-order valence-corrected chi connectivity index (χ2v) is 9.23. The van der Waals surface area contributed by atoms with Crippen LogP contribution in [0.1, 0.15) is 33.6 Å². The Kier molecular flexibility index (Phi) is 4.79. The zero-order chi connectivity index (χ0) is 18.9. The Balaban J connectivity index is 1.68. The van der Waals surface area contributed by atoms with Crippen LogP contribution in [0.4, 0.5) is 11.4 Å². The van der Waals surface area contributed by atoms with E-state index in [1.807, 2.05) is 30.2 Å². The molecule has 2 aromatic heterocycles. The van der Waals surface area contributed by atoms with Crippen molar-refractivity contribution < 1.29 is 0 Å². The van der Waals surface area contributed by atoms with Crippen LogP contribution in [-0.2, 0) is 0 Å². The van der Waals surface area contributed by atoms with Gasteiger partial charge in [-0.15, -0.1) is 11.8 Å². The van der Waals surface area contributed by atoms with Gasteiger partial charge in [-0.3, -0.25) is 10.1 Å². The van der Waals surface area contributed by atoms with Gasteiger partial charge < -0.3 is 5.32 Å². The molecule has 27 heavy (non-hydrogen) atoms. The van der Waals surface area contributed by atoms with E-state index >= 15 is 0 Å². The molecule has 0 aliphatic rings. The Bertz CT molecular complexity index is 1080.